The number of ether oxygens (including phenoxy) is 3. The van der Waals surface area contributed by atoms with Crippen LogP contribution in [0.1, 0.15) is 37.0 Å². The fourth-order valence-electron chi connectivity index (χ4n) is 3.56. The van der Waals surface area contributed by atoms with Crippen LogP contribution in [0.4, 0.5) is 0 Å². The summed E-state index contributed by atoms with van der Waals surface area (Å²) in [7, 11) is 0. The van der Waals surface area contributed by atoms with Gasteiger partial charge in [0.1, 0.15) is 0 Å². The molecule has 2 aliphatic heterocycles. The molecule has 1 aromatic rings. The highest BCUT2D eigenvalue weighted by molar-refractivity contribution is 5.95. The molecule has 1 amide bonds. The van der Waals surface area contributed by atoms with Crippen molar-refractivity contribution in [3.63, 3.8) is 0 Å². The van der Waals surface area contributed by atoms with E-state index in [1.54, 1.807) is 18.2 Å². The van der Waals surface area contributed by atoms with Crippen molar-refractivity contribution in [3.05, 3.63) is 23.8 Å². The molecule has 0 radical (unpaired) electrons. The fourth-order valence-corrected chi connectivity index (χ4v) is 3.56. The normalized spacial score (nSPS) is 23.6. The monoisotopic (exact) mass is 348 g/mol. The first-order valence-corrected chi connectivity index (χ1v) is 9.25. The van der Waals surface area contributed by atoms with Crippen LogP contribution in [0.15, 0.2) is 18.2 Å². The van der Waals surface area contributed by atoms with E-state index in [0.717, 1.165) is 13.1 Å². The van der Waals surface area contributed by atoms with Crippen molar-refractivity contribution in [1.82, 2.24) is 10.2 Å². The molecule has 2 heterocycles. The number of rotatable bonds is 7. The van der Waals surface area contributed by atoms with Gasteiger partial charge in [0.15, 0.2) is 11.5 Å². The van der Waals surface area contributed by atoms with Crippen molar-refractivity contribution in [1.29, 1.82) is 0 Å². The van der Waals surface area contributed by atoms with Crippen LogP contribution in [0, 0.1) is 0 Å². The summed E-state index contributed by atoms with van der Waals surface area (Å²) in [6.45, 7) is 8.38. The Balaban J connectivity index is 1.68. The third-order valence-electron chi connectivity index (χ3n) is 4.78. The lowest BCUT2D eigenvalue weighted by atomic mass is 10.1. The zero-order chi connectivity index (χ0) is 17.6. The Labute approximate surface area is 149 Å². The summed E-state index contributed by atoms with van der Waals surface area (Å²) < 4.78 is 16.8. The maximum atomic E-state index is 12.7. The largest absolute Gasteiger partial charge is 0.490 e. The van der Waals surface area contributed by atoms with Crippen molar-refractivity contribution in [2.75, 3.05) is 39.5 Å². The zero-order valence-electron chi connectivity index (χ0n) is 15.1. The molecule has 2 saturated heterocycles. The molecular formula is C19H28N2O4. The first-order valence-electron chi connectivity index (χ1n) is 9.25. The molecule has 2 aliphatic rings. The van der Waals surface area contributed by atoms with Gasteiger partial charge in [0.2, 0.25) is 0 Å². The van der Waals surface area contributed by atoms with E-state index in [0.29, 0.717) is 43.5 Å². The summed E-state index contributed by atoms with van der Waals surface area (Å²) >= 11 is 0. The number of carbonyl (C=O) groups is 1. The molecule has 1 N–H and O–H groups in total. The van der Waals surface area contributed by atoms with E-state index < -0.39 is 0 Å². The number of hydrogen-bond donors (Lipinski definition) is 1. The summed E-state index contributed by atoms with van der Waals surface area (Å²) in [5.74, 6) is 1.18. The Morgan fingerprint density at radius 1 is 1.16 bits per heavy atom. The summed E-state index contributed by atoms with van der Waals surface area (Å²) in [4.78, 5) is 15.1. The summed E-state index contributed by atoms with van der Waals surface area (Å²) in [5.41, 5.74) is 0.582. The van der Waals surface area contributed by atoms with Gasteiger partial charge in [-0.3, -0.25) is 9.69 Å². The number of hydrogen-bond acceptors (Lipinski definition) is 5. The highest BCUT2D eigenvalue weighted by atomic mass is 16.5. The molecule has 0 aromatic heterocycles. The van der Waals surface area contributed by atoms with Gasteiger partial charge in [-0.15, -0.1) is 0 Å². The molecule has 6 heteroatoms. The summed E-state index contributed by atoms with van der Waals surface area (Å²) in [6, 6.07) is 5.65. The number of likely N-dealkylation sites (tertiary alicyclic amines) is 1. The average molecular weight is 348 g/mol. The van der Waals surface area contributed by atoms with Crippen LogP contribution in [0.3, 0.4) is 0 Å². The lowest BCUT2D eigenvalue weighted by Gasteiger charge is -2.28. The van der Waals surface area contributed by atoms with E-state index in [-0.39, 0.29) is 18.0 Å². The Hall–Kier alpha value is -1.79. The van der Waals surface area contributed by atoms with Gasteiger partial charge >= 0.3 is 0 Å². The van der Waals surface area contributed by atoms with Crippen molar-refractivity contribution < 1.29 is 19.0 Å². The van der Waals surface area contributed by atoms with E-state index in [1.807, 2.05) is 13.8 Å². The van der Waals surface area contributed by atoms with Crippen molar-refractivity contribution in [3.8, 4) is 11.5 Å². The molecule has 0 unspecified atom stereocenters. The van der Waals surface area contributed by atoms with E-state index >= 15 is 0 Å². The van der Waals surface area contributed by atoms with Gasteiger partial charge in [-0.05, 0) is 58.0 Å². The molecule has 138 valence electrons. The Morgan fingerprint density at radius 3 is 2.60 bits per heavy atom. The number of nitrogens with zero attached hydrogens (tertiary/aromatic N) is 1. The predicted octanol–water partition coefficient (Wildman–Crippen LogP) is 2.08. The maximum Gasteiger partial charge on any atom is 0.251 e. The molecule has 0 saturated carbocycles. The lowest BCUT2D eigenvalue weighted by Crippen LogP contribution is -2.50. The Kier molecular flexibility index (Phi) is 6.15. The molecule has 6 nitrogen and oxygen atoms in total. The third kappa shape index (κ3) is 4.25. The van der Waals surface area contributed by atoms with Crippen LogP contribution in [-0.2, 0) is 4.74 Å². The lowest BCUT2D eigenvalue weighted by molar-refractivity contribution is 0.0916. The van der Waals surface area contributed by atoms with Crippen LogP contribution in [0.2, 0.25) is 0 Å². The highest BCUT2D eigenvalue weighted by Crippen LogP contribution is 2.29. The SMILES string of the molecule is CCOc1ccc(C(=O)N[C@H]2COC[C@@H]2N2CCCC2)cc1OCC. The van der Waals surface area contributed by atoms with Gasteiger partial charge in [-0.1, -0.05) is 0 Å². The topological polar surface area (TPSA) is 60.0 Å². The molecule has 0 aliphatic carbocycles. The van der Waals surface area contributed by atoms with E-state index in [4.69, 9.17) is 14.2 Å². The number of amides is 1. The molecular weight excluding hydrogens is 320 g/mol. The van der Waals surface area contributed by atoms with Gasteiger partial charge in [0.05, 0.1) is 38.5 Å². The Bertz CT molecular complexity index is 587. The summed E-state index contributed by atoms with van der Waals surface area (Å²) in [6.07, 6.45) is 2.46. The van der Waals surface area contributed by atoms with Gasteiger partial charge < -0.3 is 19.5 Å². The van der Waals surface area contributed by atoms with E-state index in [2.05, 4.69) is 10.2 Å². The maximum absolute atomic E-state index is 12.7. The predicted molar refractivity (Wildman–Crippen MR) is 95.4 cm³/mol. The third-order valence-corrected chi connectivity index (χ3v) is 4.78. The molecule has 1 aromatic carbocycles. The number of nitrogens with one attached hydrogen (secondary N) is 1. The molecule has 0 bridgehead atoms. The first-order chi connectivity index (χ1) is 12.2. The number of benzene rings is 1. The second kappa shape index (κ2) is 8.54. The first kappa shape index (κ1) is 18.0. The van der Waals surface area contributed by atoms with Crippen molar-refractivity contribution in [2.24, 2.45) is 0 Å². The van der Waals surface area contributed by atoms with Gasteiger partial charge in [-0.2, -0.15) is 0 Å². The second-order valence-corrected chi connectivity index (χ2v) is 6.46. The Morgan fingerprint density at radius 2 is 1.88 bits per heavy atom. The smallest absolute Gasteiger partial charge is 0.251 e. The van der Waals surface area contributed by atoms with Gasteiger partial charge in [0.25, 0.3) is 5.91 Å². The minimum Gasteiger partial charge on any atom is -0.490 e. The molecule has 2 fully saturated rings. The fraction of sp³-hybridized carbons (Fsp3) is 0.632. The van der Waals surface area contributed by atoms with Gasteiger partial charge in [0, 0.05) is 5.56 Å². The van der Waals surface area contributed by atoms with Crippen LogP contribution >= 0.6 is 0 Å². The molecule has 3 rings (SSSR count). The van der Waals surface area contributed by atoms with Crippen LogP contribution in [-0.4, -0.2) is 62.4 Å². The van der Waals surface area contributed by atoms with E-state index in [1.165, 1.54) is 12.8 Å². The standard InChI is InChI=1S/C19H28N2O4/c1-3-24-17-8-7-14(11-18(17)25-4-2)19(22)20-15-12-23-13-16(15)21-9-5-6-10-21/h7-8,11,15-16H,3-6,9-10,12-13H2,1-2H3,(H,20,22)/t15-,16-/m0/s1. The zero-order valence-corrected chi connectivity index (χ0v) is 15.1. The average Bonchev–Trinajstić information content (AvgIpc) is 3.28. The van der Waals surface area contributed by atoms with Crippen molar-refractivity contribution in [2.45, 2.75) is 38.8 Å². The molecule has 25 heavy (non-hydrogen) atoms. The van der Waals surface area contributed by atoms with Gasteiger partial charge in [-0.25, -0.2) is 0 Å². The molecule has 0 spiro atoms. The van der Waals surface area contributed by atoms with Crippen LogP contribution in [0.25, 0.3) is 0 Å². The quantitative estimate of drug-likeness (QED) is 0.817. The van der Waals surface area contributed by atoms with E-state index in [9.17, 15) is 4.79 Å². The minimum absolute atomic E-state index is 0.0349. The van der Waals surface area contributed by atoms with Crippen LogP contribution in [0.5, 0.6) is 11.5 Å². The van der Waals surface area contributed by atoms with Crippen LogP contribution < -0.4 is 14.8 Å². The minimum atomic E-state index is -0.0938. The molecule has 2 atom stereocenters. The summed E-state index contributed by atoms with van der Waals surface area (Å²) in [5, 5.41) is 3.14. The number of carbonyl (C=O) groups excluding carboxylic acids is 1. The van der Waals surface area contributed by atoms with Crippen molar-refractivity contribution >= 4 is 5.91 Å². The highest BCUT2D eigenvalue weighted by Gasteiger charge is 2.35. The second-order valence-electron chi connectivity index (χ2n) is 6.46.